The number of nitrogens with two attached hydrogens (primary N) is 4. The Hall–Kier alpha value is -12.3. The predicted molar refractivity (Wildman–Crippen MR) is 491 cm³/mol. The van der Waals surface area contributed by atoms with Crippen molar-refractivity contribution in [2.24, 2.45) is 22.9 Å². The summed E-state index contributed by atoms with van der Waals surface area (Å²) in [6.07, 6.45) is 10.4. The number of anilines is 4. The fraction of sp³-hybridized carbons (Fsp3) is 0.348. The number of carbonyl (C=O) groups excluding carboxylic acids is 11. The second-order valence-corrected chi connectivity index (χ2v) is 36.0. The van der Waals surface area contributed by atoms with Crippen LogP contribution in [0.15, 0.2) is 146 Å². The van der Waals surface area contributed by atoms with E-state index in [1.165, 1.54) is 6.08 Å². The summed E-state index contributed by atoms with van der Waals surface area (Å²) < 4.78 is 35.8. The van der Waals surface area contributed by atoms with E-state index >= 15 is 0 Å². The van der Waals surface area contributed by atoms with Crippen molar-refractivity contribution in [2.45, 2.75) is 130 Å². The fourth-order valence-electron chi connectivity index (χ4n) is 12.8. The van der Waals surface area contributed by atoms with Crippen molar-refractivity contribution < 1.29 is 117 Å². The molecule has 128 heavy (non-hydrogen) atoms. The zero-order valence-corrected chi connectivity index (χ0v) is 76.8. The van der Waals surface area contributed by atoms with E-state index in [0.717, 1.165) is 82.4 Å². The third-order valence-corrected chi connectivity index (χ3v) is 18.1. The van der Waals surface area contributed by atoms with Crippen molar-refractivity contribution in [3.63, 3.8) is 0 Å². The molecule has 0 heterocycles. The van der Waals surface area contributed by atoms with Crippen molar-refractivity contribution in [1.29, 1.82) is 0 Å². The van der Waals surface area contributed by atoms with Crippen molar-refractivity contribution >= 4 is 180 Å². The molecule has 18 N–H and O–H groups in total. The zero-order valence-electron chi connectivity index (χ0n) is 73.0. The molecule has 8 aromatic carbocycles. The SMILES string of the molecule is CC(C)(C)OC(=O)NCC(NC(=O)OC(C)(C)C)C(=O)O.CC(C)(C)OC(=O)NCC(NC(=O)OC(C)(C)C)C(=O)OCCNc1ccc2cccc3c2c1C(=O)C=C3.NCC(N)C(=O)OCCNc1ccc2cccc3c2c1C(=O)C=C3.NCC(N)C(=O)OCCNc1ccc2cccc3c2c1C(=O)C=C3.O=C1C=Cc2cccc3ccc(NCCO)c1c23.[Cl][Pt][Cl]. The van der Waals surface area contributed by atoms with Gasteiger partial charge < -0.3 is 109 Å². The van der Waals surface area contributed by atoms with Gasteiger partial charge >= 0.3 is 83.6 Å². The minimum atomic E-state index is -1.31. The summed E-state index contributed by atoms with van der Waals surface area (Å²) in [7, 11) is 9.75. The van der Waals surface area contributed by atoms with E-state index in [9.17, 15) is 57.5 Å². The Labute approximate surface area is 757 Å². The first-order valence-electron chi connectivity index (χ1n) is 40.6. The van der Waals surface area contributed by atoms with Gasteiger partial charge in [0.05, 0.1) is 42.0 Å². The van der Waals surface area contributed by atoms with E-state index in [2.05, 4.69) is 42.5 Å². The van der Waals surface area contributed by atoms with Crippen molar-refractivity contribution in [3.8, 4) is 0 Å². The minimum absolute atomic E-state index is 0.0136. The molecule has 4 atom stereocenters. The molecule has 12 rings (SSSR count). The first kappa shape index (κ1) is 103. The van der Waals surface area contributed by atoms with Crippen LogP contribution in [-0.4, -0.2) is 207 Å². The Morgan fingerprint density at radius 3 is 0.898 bits per heavy atom. The van der Waals surface area contributed by atoms with Crippen LogP contribution in [0.2, 0.25) is 0 Å². The number of halogens is 2. The number of carboxylic acid groups (broad SMARTS) is 1. The third-order valence-electron chi connectivity index (χ3n) is 18.1. The summed E-state index contributed by atoms with van der Waals surface area (Å²) in [6.45, 7) is 21.4. The second-order valence-electron chi connectivity index (χ2n) is 32.7. The van der Waals surface area contributed by atoms with Gasteiger partial charge in [-0.3, -0.25) is 28.8 Å². The van der Waals surface area contributed by atoms with Crippen molar-refractivity contribution in [1.82, 2.24) is 21.3 Å². The number of ketones is 4. The summed E-state index contributed by atoms with van der Waals surface area (Å²) in [6, 6.07) is 34.8. The van der Waals surface area contributed by atoms with E-state index in [1.54, 1.807) is 107 Å². The van der Waals surface area contributed by atoms with Crippen LogP contribution in [0.1, 0.15) is 147 Å². The number of aliphatic carboxylic acids is 1. The monoisotopic (exact) mass is 1980 g/mol. The molecule has 0 bridgehead atoms. The Bertz CT molecular complexity index is 5380. The van der Waals surface area contributed by atoms with Gasteiger partial charge in [0.15, 0.2) is 23.1 Å². The van der Waals surface area contributed by atoms with E-state index in [0.29, 0.717) is 47.6 Å². The van der Waals surface area contributed by atoms with Gasteiger partial charge in [0.1, 0.15) is 66.4 Å². The average Bonchev–Trinajstić information content (AvgIpc) is 0.777. The van der Waals surface area contributed by atoms with Crippen molar-refractivity contribution in [3.05, 3.63) is 190 Å². The van der Waals surface area contributed by atoms with Crippen LogP contribution < -0.4 is 65.5 Å². The summed E-state index contributed by atoms with van der Waals surface area (Å²) >= 11 is -0.472. The van der Waals surface area contributed by atoms with Gasteiger partial charge in [-0.1, -0.05) is 121 Å². The Balaban J connectivity index is 0.000000223. The van der Waals surface area contributed by atoms with Crippen LogP contribution in [0.3, 0.4) is 0 Å². The van der Waals surface area contributed by atoms with Gasteiger partial charge in [-0.15, -0.1) is 0 Å². The Kier molecular flexibility index (Phi) is 38.5. The molecule has 0 aromatic heterocycles. The van der Waals surface area contributed by atoms with Crippen molar-refractivity contribution in [2.75, 3.05) is 100 Å². The molecule has 36 heteroatoms. The number of amides is 4. The van der Waals surface area contributed by atoms with E-state index in [4.69, 9.17) is 85.1 Å². The second kappa shape index (κ2) is 48.0. The Morgan fingerprint density at radius 1 is 0.375 bits per heavy atom. The Morgan fingerprint density at radius 2 is 0.633 bits per heavy atom. The molecular formula is C92H110Cl2N12O21Pt. The maximum atomic E-state index is 12.8. The van der Waals surface area contributed by atoms with Crippen LogP contribution in [-0.2, 0) is 68.8 Å². The number of benzene rings is 8. The normalized spacial score (nSPS) is 13.3. The zero-order chi connectivity index (χ0) is 94.4. The molecule has 0 radical (unpaired) electrons. The molecule has 0 spiro atoms. The molecule has 0 aliphatic heterocycles. The molecule has 8 aromatic rings. The fourth-order valence-corrected chi connectivity index (χ4v) is 12.8. The van der Waals surface area contributed by atoms with E-state index in [1.807, 2.05) is 140 Å². The molecule has 0 saturated heterocycles. The van der Waals surface area contributed by atoms with Crippen LogP contribution in [0, 0.1) is 0 Å². The molecule has 4 amide bonds. The van der Waals surface area contributed by atoms with Crippen LogP contribution in [0.25, 0.3) is 67.4 Å². The number of rotatable bonds is 27. The number of esters is 3. The molecular weight excluding hydrogens is 1880 g/mol. The number of aliphatic hydroxyl groups is 1. The number of ether oxygens (including phenoxy) is 7. The summed E-state index contributed by atoms with van der Waals surface area (Å²) in [5, 5.41) is 47.6. The van der Waals surface area contributed by atoms with Crippen LogP contribution in [0.5, 0.6) is 0 Å². The van der Waals surface area contributed by atoms with Gasteiger partial charge in [0.25, 0.3) is 0 Å². The molecule has 4 aliphatic rings. The standard InChI is InChI=1S/C28H35N3O7.2C18H19N3O3.C15H13NO2.C13H24N2O6.2ClH.Pt/c1-27(2,3)37-25(34)30-16-20(31-26(35)38-28(4,5)6)24(33)36-15-14-29-19-12-10-17-8-7-9-18-11-13-21(32)23(19)22(17)18;2*19-10-13(20)18(23)24-9-8-21-14-6-4-11-2-1-3-12-5-7-15(22)17(14)16(11)12;17-9-8-16-12-6-4-10-2-1-3-11-5-7-13(18)15(12)14(10)11;1-12(2,3)20-10(18)14-7-8(9(16)17)15-11(19)21-13(4,5)6;;;/h7-13,20,29H,14-16H2,1-6H3,(H,30,34)(H,31,35);2*1-7,13,21H,8-10,19-20H2;1-7,16-17H,8-9H2;8H,7H2,1-6H3,(H,14,18)(H,15,19)(H,16,17);2*1H;/q;;;;;;;+2/p-2. The number of hydrogen-bond donors (Lipinski definition) is 14. The van der Waals surface area contributed by atoms with Crippen LogP contribution in [0.4, 0.5) is 41.9 Å². The first-order chi connectivity index (χ1) is 60.5. The summed E-state index contributed by atoms with van der Waals surface area (Å²) in [5.41, 5.74) is 28.1. The average molecular weight is 1990 g/mol. The number of aliphatic hydroxyl groups excluding tert-OH is 1. The number of carboxylic acids is 1. The number of alkyl carbamates (subject to hydrolysis) is 4. The summed E-state index contributed by atoms with van der Waals surface area (Å²) in [4.78, 5) is 143. The molecule has 33 nitrogen and oxygen atoms in total. The predicted octanol–water partition coefficient (Wildman–Crippen LogP) is 12.3. The summed E-state index contributed by atoms with van der Waals surface area (Å²) in [5.74, 6) is -3.29. The molecule has 0 fully saturated rings. The van der Waals surface area contributed by atoms with E-state index < -0.39 is 111 Å². The maximum absolute atomic E-state index is 12.8. The van der Waals surface area contributed by atoms with E-state index in [-0.39, 0.29) is 82.3 Å². The quantitative estimate of drug-likeness (QED) is 0.0129. The van der Waals surface area contributed by atoms with Gasteiger partial charge in [-0.25, -0.2) is 28.8 Å². The topological polar surface area (TPSA) is 510 Å². The first-order valence-corrected chi connectivity index (χ1v) is 46.2. The van der Waals surface area contributed by atoms with Gasteiger partial charge in [0, 0.05) is 83.6 Å². The molecule has 688 valence electrons. The van der Waals surface area contributed by atoms with Crippen LogP contribution >= 0.6 is 18.8 Å². The van der Waals surface area contributed by atoms with Gasteiger partial charge in [0.2, 0.25) is 0 Å². The number of allylic oxidation sites excluding steroid dienone is 4. The number of hydrogen-bond acceptors (Lipinski definition) is 28. The molecule has 4 aliphatic carbocycles. The van der Waals surface area contributed by atoms with Gasteiger partial charge in [-0.05, 0) is 175 Å². The third kappa shape index (κ3) is 31.3. The number of carbonyl (C=O) groups is 12. The number of nitrogens with one attached hydrogen (secondary N) is 8. The molecule has 4 unspecified atom stereocenters. The molecule has 0 saturated carbocycles. The van der Waals surface area contributed by atoms with Gasteiger partial charge in [-0.2, -0.15) is 0 Å².